The number of carbonyl (C=O) groups excluding carboxylic acids is 2. The molecule has 1 aromatic carbocycles. The van der Waals surface area contributed by atoms with Gasteiger partial charge in [-0.25, -0.2) is 18.7 Å². The number of nitrogens with one attached hydrogen (secondary N) is 2. The van der Waals surface area contributed by atoms with Crippen LogP contribution in [0, 0.1) is 0 Å². The highest BCUT2D eigenvalue weighted by Crippen LogP contribution is 2.32. The van der Waals surface area contributed by atoms with E-state index >= 15 is 0 Å². The van der Waals surface area contributed by atoms with Crippen LogP contribution in [0.5, 0.6) is 0 Å². The van der Waals surface area contributed by atoms with Crippen LogP contribution in [0.1, 0.15) is 41.4 Å². The summed E-state index contributed by atoms with van der Waals surface area (Å²) in [5, 5.41) is 20.1. The van der Waals surface area contributed by atoms with Gasteiger partial charge in [0.05, 0.1) is 30.6 Å². The number of hydrogen-bond acceptors (Lipinski definition) is 8. The van der Waals surface area contributed by atoms with Gasteiger partial charge in [0.1, 0.15) is 5.69 Å². The molecular formula is C31H35F2N9O3. The molecule has 2 aliphatic heterocycles. The molecule has 4 aromatic rings. The number of alkyl halides is 2. The van der Waals surface area contributed by atoms with E-state index in [4.69, 9.17) is 0 Å². The van der Waals surface area contributed by atoms with Crippen LogP contribution in [0.25, 0.3) is 16.9 Å². The number of aryl methyl sites for hydroxylation is 1. The number of β-amino-alcohol motifs (C(OH)–C–C–N with tert-alkyl or cyclic N) is 1. The highest BCUT2D eigenvalue weighted by molar-refractivity contribution is 5.96. The van der Waals surface area contributed by atoms with Gasteiger partial charge in [0.15, 0.2) is 11.5 Å². The van der Waals surface area contributed by atoms with E-state index in [9.17, 15) is 23.5 Å². The standard InChI is InChI=1S/C31H35F2N9O3/c1-3-8-41-18-23(26(38-41)27(32)33)25-17-36-29-28(34-7-9-42(25)29)37-20-5-6-22(19(4-2)14-20)30(44)39-10-12-40(13-11-39)31(45)24-15-21(43)16-35-24/h3,5-7,9,14,17-18,21,24,27,35,43H,1,4,8,10-13,15-16H2,2H3,(H,34,37)/t21-,24+/m1/s1. The Labute approximate surface area is 258 Å². The number of aliphatic hydroxyl groups excluding tert-OH is 1. The summed E-state index contributed by atoms with van der Waals surface area (Å²) >= 11 is 0. The van der Waals surface area contributed by atoms with Gasteiger partial charge in [0.2, 0.25) is 5.91 Å². The smallest absolute Gasteiger partial charge is 0.282 e. The summed E-state index contributed by atoms with van der Waals surface area (Å²) in [6.07, 6.45) is 5.62. The Morgan fingerprint density at radius 2 is 1.98 bits per heavy atom. The van der Waals surface area contributed by atoms with Gasteiger partial charge in [-0.2, -0.15) is 5.10 Å². The molecule has 2 saturated heterocycles. The number of piperazine rings is 1. The van der Waals surface area contributed by atoms with Crippen molar-refractivity contribution in [1.29, 1.82) is 0 Å². The summed E-state index contributed by atoms with van der Waals surface area (Å²) in [5.41, 5.74) is 2.96. The number of fused-ring (bicyclic) bond motifs is 1. The van der Waals surface area contributed by atoms with Crippen LogP contribution in [-0.2, 0) is 17.8 Å². The molecule has 12 nitrogen and oxygen atoms in total. The van der Waals surface area contributed by atoms with Gasteiger partial charge in [-0.3, -0.25) is 18.7 Å². The van der Waals surface area contributed by atoms with Gasteiger partial charge in [-0.15, -0.1) is 6.58 Å². The predicted octanol–water partition coefficient (Wildman–Crippen LogP) is 3.03. The molecule has 6 rings (SSSR count). The number of allylic oxidation sites excluding steroid dienone is 1. The van der Waals surface area contributed by atoms with Gasteiger partial charge in [-0.05, 0) is 36.6 Å². The first-order valence-corrected chi connectivity index (χ1v) is 15.0. The van der Waals surface area contributed by atoms with Crippen LogP contribution in [0.4, 0.5) is 20.3 Å². The Bertz CT molecular complexity index is 1730. The molecule has 2 fully saturated rings. The van der Waals surface area contributed by atoms with Crippen LogP contribution >= 0.6 is 0 Å². The number of imidazole rings is 1. The molecule has 14 heteroatoms. The molecule has 45 heavy (non-hydrogen) atoms. The predicted molar refractivity (Wildman–Crippen MR) is 163 cm³/mol. The minimum absolute atomic E-state index is 0.0335. The summed E-state index contributed by atoms with van der Waals surface area (Å²) < 4.78 is 30.8. The molecule has 0 spiro atoms. The Balaban J connectivity index is 1.18. The van der Waals surface area contributed by atoms with Gasteiger partial charge < -0.3 is 25.5 Å². The SMILES string of the molecule is C=CCn1cc(-c2cnc3c(Nc4ccc(C(=O)N5CCN(C(=O)[C@@H]6C[C@@H](O)CN6)CC5)c(CC)c4)nccn23)c(C(F)F)n1. The molecule has 2 aliphatic rings. The van der Waals surface area contributed by atoms with Crippen molar-refractivity contribution in [3.63, 3.8) is 0 Å². The van der Waals surface area contributed by atoms with Gasteiger partial charge in [0.25, 0.3) is 12.3 Å². The third-order valence-corrected chi connectivity index (χ3v) is 8.28. The van der Waals surface area contributed by atoms with Crippen molar-refractivity contribution in [2.75, 3.05) is 38.0 Å². The Hall–Kier alpha value is -4.69. The van der Waals surface area contributed by atoms with Gasteiger partial charge in [0, 0.05) is 68.1 Å². The number of aromatic nitrogens is 5. The lowest BCUT2D eigenvalue weighted by Gasteiger charge is -2.36. The van der Waals surface area contributed by atoms with Crippen molar-refractivity contribution in [1.82, 2.24) is 39.3 Å². The van der Waals surface area contributed by atoms with Crippen molar-refractivity contribution in [3.8, 4) is 11.3 Å². The van der Waals surface area contributed by atoms with Crippen molar-refractivity contribution < 1.29 is 23.5 Å². The number of carbonyl (C=O) groups is 2. The van der Waals surface area contributed by atoms with E-state index in [0.29, 0.717) is 80.5 Å². The summed E-state index contributed by atoms with van der Waals surface area (Å²) in [4.78, 5) is 38.7. The minimum Gasteiger partial charge on any atom is -0.392 e. The number of anilines is 2. The van der Waals surface area contributed by atoms with E-state index in [1.54, 1.807) is 51.0 Å². The van der Waals surface area contributed by atoms with E-state index in [2.05, 4.69) is 32.3 Å². The first kappa shape index (κ1) is 30.3. The molecule has 0 radical (unpaired) electrons. The summed E-state index contributed by atoms with van der Waals surface area (Å²) in [6.45, 7) is 8.07. The number of amides is 2. The minimum atomic E-state index is -2.76. The monoisotopic (exact) mass is 619 g/mol. The van der Waals surface area contributed by atoms with Crippen LogP contribution < -0.4 is 10.6 Å². The lowest BCUT2D eigenvalue weighted by atomic mass is 10.0. The Morgan fingerprint density at radius 3 is 2.67 bits per heavy atom. The second-order valence-electron chi connectivity index (χ2n) is 11.2. The zero-order valence-electron chi connectivity index (χ0n) is 24.9. The fourth-order valence-corrected chi connectivity index (χ4v) is 5.96. The molecule has 0 bridgehead atoms. The van der Waals surface area contributed by atoms with E-state index < -0.39 is 12.5 Å². The molecule has 2 atom stereocenters. The number of nitrogens with zero attached hydrogens (tertiary/aromatic N) is 7. The second kappa shape index (κ2) is 12.7. The average molecular weight is 620 g/mol. The van der Waals surface area contributed by atoms with E-state index in [1.165, 1.54) is 10.9 Å². The van der Waals surface area contributed by atoms with Crippen LogP contribution in [0.2, 0.25) is 0 Å². The molecular weight excluding hydrogens is 584 g/mol. The summed E-state index contributed by atoms with van der Waals surface area (Å²) in [7, 11) is 0. The van der Waals surface area contributed by atoms with E-state index in [0.717, 1.165) is 5.56 Å². The third kappa shape index (κ3) is 6.02. The van der Waals surface area contributed by atoms with Crippen LogP contribution in [0.3, 0.4) is 0 Å². The van der Waals surface area contributed by atoms with Crippen molar-refractivity contribution in [2.45, 2.75) is 44.9 Å². The maximum absolute atomic E-state index is 13.8. The van der Waals surface area contributed by atoms with E-state index in [-0.39, 0.29) is 29.1 Å². The first-order valence-electron chi connectivity index (χ1n) is 15.0. The van der Waals surface area contributed by atoms with Crippen molar-refractivity contribution in [3.05, 3.63) is 72.5 Å². The van der Waals surface area contributed by atoms with Crippen LogP contribution in [0.15, 0.2) is 55.6 Å². The summed E-state index contributed by atoms with van der Waals surface area (Å²) in [6, 6.07) is 5.10. The average Bonchev–Trinajstić information content (AvgIpc) is 3.79. The fourth-order valence-electron chi connectivity index (χ4n) is 5.96. The second-order valence-corrected chi connectivity index (χ2v) is 11.2. The topological polar surface area (TPSA) is 133 Å². The fraction of sp³-hybridized carbons (Fsp3) is 0.387. The normalized spacial score (nSPS) is 18.6. The zero-order valence-corrected chi connectivity index (χ0v) is 24.9. The van der Waals surface area contributed by atoms with Crippen molar-refractivity contribution in [2.24, 2.45) is 0 Å². The van der Waals surface area contributed by atoms with Crippen molar-refractivity contribution >= 4 is 29.0 Å². The quantitative estimate of drug-likeness (QED) is 0.244. The largest absolute Gasteiger partial charge is 0.392 e. The summed E-state index contributed by atoms with van der Waals surface area (Å²) in [5.74, 6) is 0.297. The first-order chi connectivity index (χ1) is 21.8. The molecule has 2 amide bonds. The molecule has 3 aromatic heterocycles. The van der Waals surface area contributed by atoms with E-state index in [1.807, 2.05) is 13.0 Å². The molecule has 0 aliphatic carbocycles. The van der Waals surface area contributed by atoms with Gasteiger partial charge in [-0.1, -0.05) is 13.0 Å². The number of rotatable bonds is 9. The Morgan fingerprint density at radius 1 is 1.20 bits per heavy atom. The molecule has 0 saturated carbocycles. The lowest BCUT2D eigenvalue weighted by Crippen LogP contribution is -2.54. The number of benzene rings is 1. The number of hydrogen-bond donors (Lipinski definition) is 3. The Kier molecular flexibility index (Phi) is 8.59. The maximum atomic E-state index is 13.8. The highest BCUT2D eigenvalue weighted by Gasteiger charge is 2.34. The lowest BCUT2D eigenvalue weighted by molar-refractivity contribution is -0.134. The number of halogens is 2. The highest BCUT2D eigenvalue weighted by atomic mass is 19.3. The maximum Gasteiger partial charge on any atom is 0.282 e. The molecule has 3 N–H and O–H groups in total. The molecule has 236 valence electrons. The zero-order chi connectivity index (χ0) is 31.7. The number of aliphatic hydroxyl groups is 1. The van der Waals surface area contributed by atoms with Crippen LogP contribution in [-0.4, -0.2) is 95.7 Å². The molecule has 5 heterocycles. The van der Waals surface area contributed by atoms with Gasteiger partial charge >= 0.3 is 0 Å². The third-order valence-electron chi connectivity index (χ3n) is 8.28. The molecule has 0 unspecified atom stereocenters.